The molecule has 1 aromatic heterocycles. The Kier molecular flexibility index (Phi) is 7.04. The first-order valence-electron chi connectivity index (χ1n) is 11.0. The van der Waals surface area contributed by atoms with E-state index in [1.54, 1.807) is 18.2 Å². The van der Waals surface area contributed by atoms with E-state index < -0.39 is 5.97 Å². The molecule has 0 radical (unpaired) electrons. The molecular weight excluding hydrogens is 426 g/mol. The molecule has 0 fully saturated rings. The maximum Gasteiger partial charge on any atom is 0.339 e. The maximum absolute atomic E-state index is 12.9. The van der Waals surface area contributed by atoms with Crippen molar-refractivity contribution in [1.29, 1.82) is 0 Å². The zero-order valence-electron chi connectivity index (χ0n) is 18.8. The van der Waals surface area contributed by atoms with E-state index >= 15 is 0 Å². The van der Waals surface area contributed by atoms with E-state index in [2.05, 4.69) is 0 Å². The number of para-hydroxylation sites is 1. The molecule has 0 aliphatic heterocycles. The van der Waals surface area contributed by atoms with Gasteiger partial charge in [0.15, 0.2) is 0 Å². The van der Waals surface area contributed by atoms with Crippen molar-refractivity contribution >= 4 is 17.8 Å². The van der Waals surface area contributed by atoms with Crippen LogP contribution in [-0.4, -0.2) is 21.4 Å². The van der Waals surface area contributed by atoms with Gasteiger partial charge in [-0.3, -0.25) is 4.79 Å². The molecule has 5 heteroatoms. The van der Waals surface area contributed by atoms with E-state index in [0.717, 1.165) is 16.7 Å². The zero-order valence-corrected chi connectivity index (χ0v) is 18.8. The number of nitrogens with zero attached hydrogens (tertiary/aromatic N) is 1. The second-order valence-corrected chi connectivity index (χ2v) is 7.98. The number of aromatic carboxylic acids is 1. The molecule has 0 aliphatic carbocycles. The van der Waals surface area contributed by atoms with Gasteiger partial charge in [-0.25, -0.2) is 4.79 Å². The lowest BCUT2D eigenvalue weighted by molar-refractivity contribution is 0.0691. The van der Waals surface area contributed by atoms with Crippen molar-refractivity contribution in [2.45, 2.75) is 20.1 Å². The zero-order chi connectivity index (χ0) is 23.9. The largest absolute Gasteiger partial charge is 0.488 e. The van der Waals surface area contributed by atoms with Gasteiger partial charge in [0.2, 0.25) is 5.78 Å². The van der Waals surface area contributed by atoms with Gasteiger partial charge in [0, 0.05) is 18.3 Å². The van der Waals surface area contributed by atoms with Crippen molar-refractivity contribution in [2.75, 3.05) is 0 Å². The Labute approximate surface area is 198 Å². The van der Waals surface area contributed by atoms with Gasteiger partial charge in [-0.1, -0.05) is 72.3 Å². The molecule has 4 rings (SSSR count). The van der Waals surface area contributed by atoms with Gasteiger partial charge in [0.05, 0.1) is 5.69 Å². The van der Waals surface area contributed by atoms with Gasteiger partial charge in [-0.15, -0.1) is 0 Å². The number of allylic oxidation sites excluding steroid dienone is 1. The quantitative estimate of drug-likeness (QED) is 0.316. The average molecular weight is 452 g/mol. The van der Waals surface area contributed by atoms with Crippen LogP contribution in [0.25, 0.3) is 6.08 Å². The summed E-state index contributed by atoms with van der Waals surface area (Å²) < 4.78 is 7.67. The summed E-state index contributed by atoms with van der Waals surface area (Å²) in [4.78, 5) is 24.2. The molecule has 4 aromatic rings. The molecule has 3 aromatic carbocycles. The van der Waals surface area contributed by atoms with Gasteiger partial charge in [-0.05, 0) is 48.4 Å². The number of carboxylic acid groups (broad SMARTS) is 1. The number of aryl methyl sites for hydroxylation is 1. The smallest absolute Gasteiger partial charge is 0.339 e. The lowest BCUT2D eigenvalue weighted by Crippen LogP contribution is -2.09. The molecule has 0 saturated carbocycles. The highest BCUT2D eigenvalue weighted by molar-refractivity contribution is 6.08. The minimum absolute atomic E-state index is 0.000752. The Morgan fingerprint density at radius 1 is 0.941 bits per heavy atom. The minimum Gasteiger partial charge on any atom is -0.488 e. The van der Waals surface area contributed by atoms with Gasteiger partial charge in [0.1, 0.15) is 17.9 Å². The Hall–Kier alpha value is -4.38. The number of benzene rings is 3. The summed E-state index contributed by atoms with van der Waals surface area (Å²) in [6.45, 7) is 2.82. The number of carbonyl (C=O) groups is 2. The molecule has 170 valence electrons. The summed E-state index contributed by atoms with van der Waals surface area (Å²) in [6, 6.07) is 25.8. The van der Waals surface area contributed by atoms with Crippen molar-refractivity contribution in [2.24, 2.45) is 0 Å². The van der Waals surface area contributed by atoms with Gasteiger partial charge in [-0.2, -0.15) is 0 Å². The standard InChI is InChI=1S/C29H25NO4/c1-21-13-15-24(16-14-21)28(31)26-11-6-18-30(26)17-5-9-22-7-4-8-23(19-22)20-34-27-12-3-2-10-25(27)29(32)33/h2-16,18-19H,17,20H2,1H3,(H,32,33)/b9-5+. The molecule has 0 saturated heterocycles. The predicted molar refractivity (Wildman–Crippen MR) is 132 cm³/mol. The lowest BCUT2D eigenvalue weighted by atomic mass is 10.1. The van der Waals surface area contributed by atoms with Crippen LogP contribution in [0.3, 0.4) is 0 Å². The highest BCUT2D eigenvalue weighted by atomic mass is 16.5. The third-order valence-corrected chi connectivity index (χ3v) is 5.45. The predicted octanol–water partition coefficient (Wildman–Crippen LogP) is 6.02. The molecule has 0 atom stereocenters. The highest BCUT2D eigenvalue weighted by Crippen LogP contribution is 2.20. The number of carbonyl (C=O) groups excluding carboxylic acids is 1. The normalized spacial score (nSPS) is 11.0. The molecule has 0 bridgehead atoms. The second-order valence-electron chi connectivity index (χ2n) is 7.98. The van der Waals surface area contributed by atoms with Crippen molar-refractivity contribution in [3.8, 4) is 5.75 Å². The summed E-state index contributed by atoms with van der Waals surface area (Å²) in [5, 5.41) is 9.30. The molecule has 0 amide bonds. The number of rotatable bonds is 9. The SMILES string of the molecule is Cc1ccc(C(=O)c2cccn2C/C=C/c2cccc(COc3ccccc3C(=O)O)c2)cc1. The number of hydrogen-bond acceptors (Lipinski definition) is 3. The number of ether oxygens (including phenoxy) is 1. The molecule has 34 heavy (non-hydrogen) atoms. The minimum atomic E-state index is -1.02. The molecule has 0 unspecified atom stereocenters. The summed E-state index contributed by atoms with van der Waals surface area (Å²) in [7, 11) is 0. The fourth-order valence-corrected chi connectivity index (χ4v) is 3.65. The van der Waals surface area contributed by atoms with Gasteiger partial charge < -0.3 is 14.4 Å². The van der Waals surface area contributed by atoms with Gasteiger partial charge in [0.25, 0.3) is 0 Å². The van der Waals surface area contributed by atoms with Crippen LogP contribution in [0.5, 0.6) is 5.75 Å². The van der Waals surface area contributed by atoms with Gasteiger partial charge >= 0.3 is 5.97 Å². The van der Waals surface area contributed by atoms with Crippen LogP contribution in [0.4, 0.5) is 0 Å². The van der Waals surface area contributed by atoms with Crippen LogP contribution in [0, 0.1) is 6.92 Å². The molecular formula is C29H25NO4. The molecule has 1 heterocycles. The monoisotopic (exact) mass is 451 g/mol. The fourth-order valence-electron chi connectivity index (χ4n) is 3.65. The number of carboxylic acids is 1. The maximum atomic E-state index is 12.9. The second kappa shape index (κ2) is 10.5. The summed E-state index contributed by atoms with van der Waals surface area (Å²) in [6.07, 6.45) is 5.90. The molecule has 1 N–H and O–H groups in total. The third kappa shape index (κ3) is 5.51. The van der Waals surface area contributed by atoms with E-state index in [1.165, 1.54) is 6.07 Å². The first kappa shape index (κ1) is 22.8. The van der Waals surface area contributed by atoms with E-state index in [1.807, 2.05) is 90.5 Å². The van der Waals surface area contributed by atoms with Crippen LogP contribution in [0.15, 0.2) is 97.2 Å². The van der Waals surface area contributed by atoms with Crippen molar-refractivity contribution < 1.29 is 19.4 Å². The van der Waals surface area contributed by atoms with E-state index in [4.69, 9.17) is 4.74 Å². The van der Waals surface area contributed by atoms with Crippen LogP contribution in [-0.2, 0) is 13.2 Å². The van der Waals surface area contributed by atoms with Crippen molar-refractivity contribution in [3.05, 3.63) is 131 Å². The number of hydrogen-bond donors (Lipinski definition) is 1. The van der Waals surface area contributed by atoms with Crippen LogP contribution < -0.4 is 4.74 Å². The first-order chi connectivity index (χ1) is 16.5. The molecule has 0 spiro atoms. The van der Waals surface area contributed by atoms with E-state index in [-0.39, 0.29) is 18.0 Å². The number of aromatic nitrogens is 1. The average Bonchev–Trinajstić information content (AvgIpc) is 3.32. The van der Waals surface area contributed by atoms with E-state index in [0.29, 0.717) is 23.6 Å². The first-order valence-corrected chi connectivity index (χ1v) is 11.0. The highest BCUT2D eigenvalue weighted by Gasteiger charge is 2.13. The Balaban J connectivity index is 1.41. The number of ketones is 1. The van der Waals surface area contributed by atoms with Crippen molar-refractivity contribution in [3.63, 3.8) is 0 Å². The third-order valence-electron chi connectivity index (χ3n) is 5.45. The van der Waals surface area contributed by atoms with Crippen molar-refractivity contribution in [1.82, 2.24) is 4.57 Å². The Morgan fingerprint density at radius 2 is 1.74 bits per heavy atom. The Morgan fingerprint density at radius 3 is 2.53 bits per heavy atom. The Bertz CT molecular complexity index is 1330. The van der Waals surface area contributed by atoms with Crippen LogP contribution >= 0.6 is 0 Å². The van der Waals surface area contributed by atoms with E-state index in [9.17, 15) is 14.7 Å². The molecule has 0 aliphatic rings. The fraction of sp³-hybridized carbons (Fsp3) is 0.103. The topological polar surface area (TPSA) is 68.5 Å². The summed E-state index contributed by atoms with van der Waals surface area (Å²) in [5.74, 6) is -0.675. The summed E-state index contributed by atoms with van der Waals surface area (Å²) in [5.41, 5.74) is 4.50. The summed E-state index contributed by atoms with van der Waals surface area (Å²) >= 11 is 0. The molecule has 5 nitrogen and oxygen atoms in total. The van der Waals surface area contributed by atoms with Crippen LogP contribution in [0.1, 0.15) is 43.1 Å². The van der Waals surface area contributed by atoms with Crippen LogP contribution in [0.2, 0.25) is 0 Å². The lowest BCUT2D eigenvalue weighted by Gasteiger charge is -2.09.